The van der Waals surface area contributed by atoms with Gasteiger partial charge in [0.1, 0.15) is 5.75 Å². The molecule has 76 valence electrons. The zero-order chi connectivity index (χ0) is 10.6. The third kappa shape index (κ3) is 2.28. The van der Waals surface area contributed by atoms with Crippen LogP contribution in [0.4, 0.5) is 0 Å². The molecule has 0 spiro atoms. The lowest BCUT2D eigenvalue weighted by Gasteiger charge is -2.00. The van der Waals surface area contributed by atoms with Crippen LogP contribution in [0.1, 0.15) is 31.7 Å². The number of rotatable bonds is 3. The van der Waals surface area contributed by atoms with Crippen molar-refractivity contribution in [3.8, 4) is 5.75 Å². The molecule has 2 nitrogen and oxygen atoms in total. The Hall–Kier alpha value is -1.44. The molecule has 2 heteroatoms. The lowest BCUT2D eigenvalue weighted by Crippen LogP contribution is -1.82. The molecule has 0 radical (unpaired) electrons. The lowest BCUT2D eigenvalue weighted by molar-refractivity contribution is 0.474. The van der Waals surface area contributed by atoms with Crippen LogP contribution in [0.15, 0.2) is 24.3 Å². The predicted octanol–water partition coefficient (Wildman–Crippen LogP) is 3.40. The molecule has 0 fully saturated rings. The molecule has 1 rings (SSSR count). The number of allylic oxidation sites excluding steroid dienone is 4. The molecule has 0 bridgehead atoms. The molecular formula is C12H17NO. The molecule has 1 aromatic heterocycles. The number of aromatic amines is 1. The van der Waals surface area contributed by atoms with E-state index in [0.717, 1.165) is 23.4 Å². The number of aryl methyl sites for hydroxylation is 1. The summed E-state index contributed by atoms with van der Waals surface area (Å²) in [4.78, 5) is 3.14. The fourth-order valence-corrected chi connectivity index (χ4v) is 1.45. The summed E-state index contributed by atoms with van der Waals surface area (Å²) in [6, 6.07) is 1.74. The maximum atomic E-state index is 9.65. The third-order valence-electron chi connectivity index (χ3n) is 1.99. The molecule has 0 saturated heterocycles. The monoisotopic (exact) mass is 191 g/mol. The average Bonchev–Trinajstić information content (AvgIpc) is 2.45. The minimum atomic E-state index is 0.320. The Kier molecular flexibility index (Phi) is 3.57. The molecule has 1 heterocycles. The van der Waals surface area contributed by atoms with Gasteiger partial charge in [-0.15, -0.1) is 0 Å². The van der Waals surface area contributed by atoms with E-state index in [1.54, 1.807) is 6.07 Å². The molecule has 1 aromatic rings. The van der Waals surface area contributed by atoms with Crippen molar-refractivity contribution in [3.63, 3.8) is 0 Å². The van der Waals surface area contributed by atoms with Crippen LogP contribution < -0.4 is 0 Å². The Morgan fingerprint density at radius 3 is 2.71 bits per heavy atom. The predicted molar refractivity (Wildman–Crippen MR) is 60.3 cm³/mol. The van der Waals surface area contributed by atoms with Crippen molar-refractivity contribution in [2.75, 3.05) is 0 Å². The van der Waals surface area contributed by atoms with Crippen LogP contribution in [0.5, 0.6) is 5.75 Å². The van der Waals surface area contributed by atoms with E-state index in [1.807, 2.05) is 26.0 Å². The number of aromatic nitrogens is 1. The number of aromatic hydroxyl groups is 1. The van der Waals surface area contributed by atoms with Crippen molar-refractivity contribution in [1.82, 2.24) is 4.98 Å². The van der Waals surface area contributed by atoms with Crippen molar-refractivity contribution in [3.05, 3.63) is 35.7 Å². The Morgan fingerprint density at radius 1 is 1.57 bits per heavy atom. The first-order valence-electron chi connectivity index (χ1n) is 4.90. The van der Waals surface area contributed by atoms with Gasteiger partial charge in [0.2, 0.25) is 0 Å². The summed E-state index contributed by atoms with van der Waals surface area (Å²) in [6.07, 6.45) is 7.01. The van der Waals surface area contributed by atoms with Gasteiger partial charge in [-0.1, -0.05) is 25.2 Å². The van der Waals surface area contributed by atoms with Crippen LogP contribution in [0.2, 0.25) is 0 Å². The largest absolute Gasteiger partial charge is 0.506 e. The van der Waals surface area contributed by atoms with E-state index in [4.69, 9.17) is 0 Å². The smallest absolute Gasteiger partial charge is 0.141 e. The second-order valence-corrected chi connectivity index (χ2v) is 3.28. The summed E-state index contributed by atoms with van der Waals surface area (Å²) in [7, 11) is 0. The highest BCUT2D eigenvalue weighted by Gasteiger charge is 2.06. The van der Waals surface area contributed by atoms with Crippen molar-refractivity contribution >= 4 is 5.57 Å². The van der Waals surface area contributed by atoms with Crippen LogP contribution in [0, 0.1) is 6.92 Å². The maximum absolute atomic E-state index is 9.65. The van der Waals surface area contributed by atoms with E-state index >= 15 is 0 Å². The molecule has 2 N–H and O–H groups in total. The SMILES string of the molecule is C/C=C\C(=C/CC)c1[nH]c(C)cc1O. The summed E-state index contributed by atoms with van der Waals surface area (Å²) in [5, 5.41) is 9.65. The fraction of sp³-hybridized carbons (Fsp3) is 0.333. The number of nitrogens with one attached hydrogen (secondary N) is 1. The maximum Gasteiger partial charge on any atom is 0.141 e. The summed E-state index contributed by atoms with van der Waals surface area (Å²) in [5.41, 5.74) is 2.83. The standard InChI is InChI=1S/C12H17NO/c1-4-6-10(7-5-2)12-11(14)8-9(3)13-12/h4,6-8,13-14H,5H2,1-3H3/b6-4-,10-7+. The van der Waals surface area contributed by atoms with Gasteiger partial charge in [-0.25, -0.2) is 0 Å². The van der Waals surface area contributed by atoms with Gasteiger partial charge in [0.05, 0.1) is 5.69 Å². The van der Waals surface area contributed by atoms with Gasteiger partial charge in [-0.3, -0.25) is 0 Å². The molecule has 0 atom stereocenters. The van der Waals surface area contributed by atoms with Gasteiger partial charge in [0.25, 0.3) is 0 Å². The van der Waals surface area contributed by atoms with Crippen molar-refractivity contribution in [2.45, 2.75) is 27.2 Å². The second kappa shape index (κ2) is 4.70. The molecule has 0 aliphatic rings. The summed E-state index contributed by atoms with van der Waals surface area (Å²) in [6.45, 7) is 5.98. The van der Waals surface area contributed by atoms with Gasteiger partial charge in [0.15, 0.2) is 0 Å². The van der Waals surface area contributed by atoms with Crippen molar-refractivity contribution in [1.29, 1.82) is 0 Å². The van der Waals surface area contributed by atoms with Crippen LogP contribution in [-0.2, 0) is 0 Å². The highest BCUT2D eigenvalue weighted by molar-refractivity contribution is 5.75. The van der Waals surface area contributed by atoms with Crippen molar-refractivity contribution in [2.24, 2.45) is 0 Å². The van der Waals surface area contributed by atoms with Gasteiger partial charge >= 0.3 is 0 Å². The minimum Gasteiger partial charge on any atom is -0.506 e. The highest BCUT2D eigenvalue weighted by atomic mass is 16.3. The number of H-pyrrole nitrogens is 1. The zero-order valence-electron chi connectivity index (χ0n) is 8.96. The van der Waals surface area contributed by atoms with Gasteiger partial charge in [0, 0.05) is 11.8 Å². The number of hydrogen-bond acceptors (Lipinski definition) is 1. The molecule has 0 unspecified atom stereocenters. The Bertz CT molecular complexity index is 358. The molecular weight excluding hydrogens is 174 g/mol. The fourth-order valence-electron chi connectivity index (χ4n) is 1.45. The van der Waals surface area contributed by atoms with E-state index in [-0.39, 0.29) is 0 Å². The van der Waals surface area contributed by atoms with Crippen LogP contribution in [-0.4, -0.2) is 10.1 Å². The summed E-state index contributed by atoms with van der Waals surface area (Å²) in [5.74, 6) is 0.320. The second-order valence-electron chi connectivity index (χ2n) is 3.28. The first kappa shape index (κ1) is 10.6. The lowest BCUT2D eigenvalue weighted by atomic mass is 10.1. The van der Waals surface area contributed by atoms with Crippen molar-refractivity contribution < 1.29 is 5.11 Å². The minimum absolute atomic E-state index is 0.320. The van der Waals surface area contributed by atoms with Crippen LogP contribution in [0.25, 0.3) is 5.57 Å². The number of hydrogen-bond donors (Lipinski definition) is 2. The van der Waals surface area contributed by atoms with Gasteiger partial charge in [-0.2, -0.15) is 0 Å². The highest BCUT2D eigenvalue weighted by Crippen LogP contribution is 2.26. The molecule has 0 saturated carbocycles. The average molecular weight is 191 g/mol. The molecule has 0 aliphatic carbocycles. The Balaban J connectivity index is 3.11. The quantitative estimate of drug-likeness (QED) is 0.706. The third-order valence-corrected chi connectivity index (χ3v) is 1.99. The topological polar surface area (TPSA) is 36.0 Å². The molecule has 0 aromatic carbocycles. The van der Waals surface area contributed by atoms with E-state index in [0.29, 0.717) is 5.75 Å². The van der Waals surface area contributed by atoms with E-state index in [1.165, 1.54) is 0 Å². The first-order chi connectivity index (χ1) is 6.69. The van der Waals surface area contributed by atoms with E-state index in [2.05, 4.69) is 18.0 Å². The van der Waals surface area contributed by atoms with Gasteiger partial charge < -0.3 is 10.1 Å². The molecule has 14 heavy (non-hydrogen) atoms. The van der Waals surface area contributed by atoms with E-state index in [9.17, 15) is 5.11 Å². The van der Waals surface area contributed by atoms with Crippen LogP contribution >= 0.6 is 0 Å². The zero-order valence-corrected chi connectivity index (χ0v) is 8.96. The normalized spacial score (nSPS) is 12.6. The first-order valence-corrected chi connectivity index (χ1v) is 4.90. The van der Waals surface area contributed by atoms with Crippen LogP contribution in [0.3, 0.4) is 0 Å². The molecule has 0 amide bonds. The Labute approximate surface area is 85.0 Å². The van der Waals surface area contributed by atoms with Gasteiger partial charge in [-0.05, 0) is 25.8 Å². The summed E-state index contributed by atoms with van der Waals surface area (Å²) < 4.78 is 0. The molecule has 0 aliphatic heterocycles. The summed E-state index contributed by atoms with van der Waals surface area (Å²) >= 11 is 0. The van der Waals surface area contributed by atoms with E-state index < -0.39 is 0 Å². The Morgan fingerprint density at radius 2 is 2.29 bits per heavy atom.